The second-order valence-corrected chi connectivity index (χ2v) is 11.5. The van der Waals surface area contributed by atoms with E-state index in [4.69, 9.17) is 37.4 Å². The summed E-state index contributed by atoms with van der Waals surface area (Å²) in [6.45, 7) is 7.78. The summed E-state index contributed by atoms with van der Waals surface area (Å²) in [6.07, 6.45) is 1.86. The minimum Gasteiger partial charge on any atom is -0.463 e. The Labute approximate surface area is 249 Å². The minimum atomic E-state index is -0.745. The largest absolute Gasteiger partial charge is 0.463 e. The molecule has 6 rings (SSSR count). The Balaban J connectivity index is 1.52. The van der Waals surface area contributed by atoms with E-state index >= 15 is 0 Å². The average molecular weight is 611 g/mol. The Morgan fingerprint density at radius 2 is 1.88 bits per heavy atom. The number of rotatable bonds is 5. The third-order valence-corrected chi connectivity index (χ3v) is 8.87. The number of nitrogens with zero attached hydrogens (tertiary/aromatic N) is 3. The van der Waals surface area contributed by atoms with Gasteiger partial charge < -0.3 is 18.8 Å². The fourth-order valence-corrected chi connectivity index (χ4v) is 6.62. The predicted molar refractivity (Wildman–Crippen MR) is 158 cm³/mol. The summed E-state index contributed by atoms with van der Waals surface area (Å²) >= 11 is 13.7. The number of halogens is 2. The number of hydrogen-bond donors (Lipinski definition) is 0. The predicted octanol–water partition coefficient (Wildman–Crippen LogP) is 5.24. The Kier molecular flexibility index (Phi) is 7.05. The molecule has 0 aliphatic carbocycles. The molecule has 41 heavy (non-hydrogen) atoms. The van der Waals surface area contributed by atoms with Crippen LogP contribution in [0.25, 0.3) is 11.8 Å². The van der Waals surface area contributed by atoms with Gasteiger partial charge in [-0.2, -0.15) is 0 Å². The zero-order valence-electron chi connectivity index (χ0n) is 22.7. The number of aryl methyl sites for hydroxylation is 1. The van der Waals surface area contributed by atoms with Gasteiger partial charge in [0.15, 0.2) is 16.3 Å². The van der Waals surface area contributed by atoms with E-state index in [0.29, 0.717) is 47.7 Å². The lowest BCUT2D eigenvalue weighted by Gasteiger charge is -2.24. The van der Waals surface area contributed by atoms with E-state index < -0.39 is 12.0 Å². The van der Waals surface area contributed by atoms with Gasteiger partial charge in [-0.05, 0) is 81.3 Å². The Hall–Kier alpha value is -3.79. The van der Waals surface area contributed by atoms with Crippen molar-refractivity contribution in [2.75, 3.05) is 13.4 Å². The first-order valence-electron chi connectivity index (χ1n) is 12.9. The third-order valence-electron chi connectivity index (χ3n) is 7.15. The van der Waals surface area contributed by atoms with E-state index in [0.717, 1.165) is 22.6 Å². The molecule has 0 N–H and O–H groups in total. The van der Waals surface area contributed by atoms with Crippen molar-refractivity contribution < 1.29 is 19.0 Å². The maximum atomic E-state index is 14.0. The molecule has 2 aliphatic heterocycles. The molecular formula is C30H25Cl2N3O5S. The molecule has 0 unspecified atom stereocenters. The number of thiazole rings is 1. The van der Waals surface area contributed by atoms with E-state index in [1.54, 1.807) is 36.6 Å². The van der Waals surface area contributed by atoms with E-state index in [9.17, 15) is 9.59 Å². The molecule has 0 amide bonds. The standard InChI is InChI=1S/C30H25Cl2N3O5S/c1-5-38-29(37)26-16(3)33-30-35(27(26)18-6-9-23-24(11-18)40-14-39-23)28(36)25(41-30)12-19-10-15(2)34(17(19)4)20-7-8-21(31)22(32)13-20/h6-13,27H,5,14H2,1-4H3/b25-12+/t27-/m0/s1. The van der Waals surface area contributed by atoms with Crippen molar-refractivity contribution in [1.29, 1.82) is 0 Å². The molecule has 8 nitrogen and oxygen atoms in total. The van der Waals surface area contributed by atoms with Gasteiger partial charge in [0, 0.05) is 17.1 Å². The number of ether oxygens (including phenoxy) is 3. The van der Waals surface area contributed by atoms with E-state index in [1.807, 2.05) is 44.2 Å². The van der Waals surface area contributed by atoms with Crippen LogP contribution in [0.4, 0.5) is 0 Å². The van der Waals surface area contributed by atoms with Crippen LogP contribution >= 0.6 is 34.5 Å². The van der Waals surface area contributed by atoms with Gasteiger partial charge in [-0.15, -0.1) is 0 Å². The molecule has 210 valence electrons. The molecule has 0 fully saturated rings. The van der Waals surface area contributed by atoms with Gasteiger partial charge >= 0.3 is 5.97 Å². The van der Waals surface area contributed by atoms with Gasteiger partial charge in [-0.25, -0.2) is 9.79 Å². The molecule has 4 aromatic rings. The fraction of sp³-hybridized carbons (Fsp3) is 0.233. The van der Waals surface area contributed by atoms with Crippen molar-refractivity contribution in [2.45, 2.75) is 33.7 Å². The second kappa shape index (κ2) is 10.6. The molecule has 0 bridgehead atoms. The fourth-order valence-electron chi connectivity index (χ4n) is 5.29. The van der Waals surface area contributed by atoms with Gasteiger partial charge in [0.2, 0.25) is 6.79 Å². The van der Waals surface area contributed by atoms with Crippen LogP contribution in [-0.4, -0.2) is 28.5 Å². The van der Waals surface area contributed by atoms with Crippen molar-refractivity contribution in [1.82, 2.24) is 9.13 Å². The summed E-state index contributed by atoms with van der Waals surface area (Å²) in [7, 11) is 0. The van der Waals surface area contributed by atoms with Crippen molar-refractivity contribution in [3.05, 3.63) is 106 Å². The topological polar surface area (TPSA) is 84.1 Å². The molecule has 2 aromatic carbocycles. The lowest BCUT2D eigenvalue weighted by atomic mass is 9.95. The molecule has 2 aliphatic rings. The zero-order valence-corrected chi connectivity index (χ0v) is 25.0. The minimum absolute atomic E-state index is 0.113. The highest BCUT2D eigenvalue weighted by Crippen LogP contribution is 2.38. The van der Waals surface area contributed by atoms with Crippen molar-refractivity contribution >= 4 is 46.6 Å². The van der Waals surface area contributed by atoms with Gasteiger partial charge in [0.05, 0.1) is 38.5 Å². The summed E-state index contributed by atoms with van der Waals surface area (Å²) in [6, 6.07) is 12.2. The highest BCUT2D eigenvalue weighted by Gasteiger charge is 2.34. The van der Waals surface area contributed by atoms with E-state index in [2.05, 4.69) is 9.56 Å². The number of allylic oxidation sites excluding steroid dienone is 1. The number of carbonyl (C=O) groups is 1. The summed E-state index contributed by atoms with van der Waals surface area (Å²) in [4.78, 5) is 32.4. The van der Waals surface area contributed by atoms with Gasteiger partial charge in [-0.1, -0.05) is 40.6 Å². The number of benzene rings is 2. The number of aromatic nitrogens is 2. The lowest BCUT2D eigenvalue weighted by molar-refractivity contribution is -0.139. The van der Waals surface area contributed by atoms with Crippen molar-refractivity contribution in [3.63, 3.8) is 0 Å². The van der Waals surface area contributed by atoms with E-state index in [-0.39, 0.29) is 19.0 Å². The van der Waals surface area contributed by atoms with Gasteiger partial charge in [0.1, 0.15) is 0 Å². The SMILES string of the molecule is CCOC(=O)C1=C(C)N=c2s/c(=C/c3cc(C)n(-c4ccc(Cl)c(Cl)c4)c3C)c(=O)n2[C@H]1c1ccc2c(c1)OCO2. The summed E-state index contributed by atoms with van der Waals surface area (Å²) in [5.74, 6) is 0.643. The number of fused-ring (bicyclic) bond motifs is 2. The van der Waals surface area contributed by atoms with Crippen LogP contribution in [0.15, 0.2) is 63.5 Å². The van der Waals surface area contributed by atoms with Crippen LogP contribution in [0, 0.1) is 13.8 Å². The van der Waals surface area contributed by atoms with Crippen molar-refractivity contribution in [3.8, 4) is 17.2 Å². The molecular weight excluding hydrogens is 585 g/mol. The first-order chi connectivity index (χ1) is 19.7. The number of hydrogen-bond acceptors (Lipinski definition) is 7. The molecule has 0 saturated carbocycles. The first kappa shape index (κ1) is 27.4. The molecule has 1 atom stereocenters. The monoisotopic (exact) mass is 609 g/mol. The highest BCUT2D eigenvalue weighted by molar-refractivity contribution is 7.07. The van der Waals surface area contributed by atoms with Crippen LogP contribution in [-0.2, 0) is 9.53 Å². The molecule has 0 saturated heterocycles. The summed E-state index contributed by atoms with van der Waals surface area (Å²) in [5, 5.41) is 0.941. The normalized spacial score (nSPS) is 16.1. The average Bonchev–Trinajstić information content (AvgIpc) is 3.60. The third kappa shape index (κ3) is 4.67. The van der Waals surface area contributed by atoms with Crippen LogP contribution in [0.3, 0.4) is 0 Å². The van der Waals surface area contributed by atoms with Crippen LogP contribution in [0.2, 0.25) is 10.0 Å². The maximum Gasteiger partial charge on any atom is 0.338 e. The number of esters is 1. The second-order valence-electron chi connectivity index (χ2n) is 9.68. The van der Waals surface area contributed by atoms with Gasteiger partial charge in [-0.3, -0.25) is 9.36 Å². The molecule has 0 radical (unpaired) electrons. The smallest absolute Gasteiger partial charge is 0.338 e. The Bertz CT molecular complexity index is 1950. The molecule has 4 heterocycles. The number of carbonyl (C=O) groups excluding carboxylic acids is 1. The molecule has 0 spiro atoms. The lowest BCUT2D eigenvalue weighted by Crippen LogP contribution is -2.39. The van der Waals surface area contributed by atoms with Gasteiger partial charge in [0.25, 0.3) is 5.56 Å². The zero-order chi connectivity index (χ0) is 29.0. The van der Waals surface area contributed by atoms with Crippen LogP contribution in [0.1, 0.15) is 42.4 Å². The maximum absolute atomic E-state index is 14.0. The quantitative estimate of drug-likeness (QED) is 0.289. The molecule has 2 aromatic heterocycles. The van der Waals surface area contributed by atoms with Crippen molar-refractivity contribution in [2.24, 2.45) is 4.99 Å². The Morgan fingerprint density at radius 1 is 1.10 bits per heavy atom. The highest BCUT2D eigenvalue weighted by atomic mass is 35.5. The van der Waals surface area contributed by atoms with Crippen LogP contribution in [0.5, 0.6) is 11.5 Å². The first-order valence-corrected chi connectivity index (χ1v) is 14.5. The van der Waals surface area contributed by atoms with Crippen LogP contribution < -0.4 is 24.4 Å². The summed E-state index contributed by atoms with van der Waals surface area (Å²) in [5.41, 5.74) is 4.88. The molecule has 11 heteroatoms. The summed E-state index contributed by atoms with van der Waals surface area (Å²) < 4.78 is 20.6. The van der Waals surface area contributed by atoms with E-state index in [1.165, 1.54) is 11.3 Å². The Morgan fingerprint density at radius 3 is 2.63 bits per heavy atom.